The Morgan fingerprint density at radius 3 is 3.00 bits per heavy atom. The molecule has 1 fully saturated rings. The van der Waals surface area contributed by atoms with Crippen molar-refractivity contribution in [1.82, 2.24) is 0 Å². The zero-order chi connectivity index (χ0) is 13.8. The van der Waals surface area contributed by atoms with Gasteiger partial charge in [0.05, 0.1) is 30.3 Å². The van der Waals surface area contributed by atoms with Gasteiger partial charge < -0.3 is 14.7 Å². The summed E-state index contributed by atoms with van der Waals surface area (Å²) in [4.78, 5) is 12.7. The highest BCUT2D eigenvalue weighted by atomic mass is 16.6. The number of benzene rings is 1. The Balaban J connectivity index is 2.29. The highest BCUT2D eigenvalue weighted by Gasteiger charge is 2.28. The molecule has 6 heteroatoms. The smallest absolute Gasteiger partial charge is 0.292 e. The number of aliphatic hydroxyl groups excluding tert-OH is 1. The molecule has 0 unspecified atom stereocenters. The largest absolute Gasteiger partial charge is 0.393 e. The van der Waals surface area contributed by atoms with E-state index in [2.05, 4.69) is 0 Å². The molecule has 1 N–H and O–H groups in total. The minimum absolute atomic E-state index is 0.0325. The van der Waals surface area contributed by atoms with Crippen LogP contribution in [0.4, 0.5) is 11.4 Å². The number of anilines is 1. The summed E-state index contributed by atoms with van der Waals surface area (Å²) in [6.45, 7) is 3.34. The number of aliphatic hydroxyl groups is 1. The Morgan fingerprint density at radius 2 is 2.32 bits per heavy atom. The van der Waals surface area contributed by atoms with Crippen LogP contribution in [0.15, 0.2) is 24.3 Å². The molecule has 2 rings (SSSR count). The first-order chi connectivity index (χ1) is 9.09. The maximum Gasteiger partial charge on any atom is 0.292 e. The molecule has 19 heavy (non-hydrogen) atoms. The van der Waals surface area contributed by atoms with Crippen LogP contribution in [0.2, 0.25) is 0 Å². The van der Waals surface area contributed by atoms with Crippen LogP contribution in [0, 0.1) is 10.1 Å². The SMILES string of the molecule is C[C@H](O)C[C@@H]1COCCN1c1ccccc1[N+](=O)[O-]. The third-order valence-corrected chi connectivity index (χ3v) is 3.23. The van der Waals surface area contributed by atoms with E-state index in [-0.39, 0.29) is 16.7 Å². The number of nitrogens with zero attached hydrogens (tertiary/aromatic N) is 2. The van der Waals surface area contributed by atoms with Crippen molar-refractivity contribution in [1.29, 1.82) is 0 Å². The molecular weight excluding hydrogens is 248 g/mol. The van der Waals surface area contributed by atoms with Gasteiger partial charge in [0.25, 0.3) is 5.69 Å². The molecule has 104 valence electrons. The number of morpholine rings is 1. The molecular formula is C13H18N2O4. The predicted octanol–water partition coefficient (Wildman–Crippen LogP) is 1.57. The Morgan fingerprint density at radius 1 is 1.58 bits per heavy atom. The molecule has 1 aromatic carbocycles. The molecule has 1 aliphatic heterocycles. The van der Waals surface area contributed by atoms with Crippen LogP contribution < -0.4 is 4.90 Å². The van der Waals surface area contributed by atoms with Gasteiger partial charge in [-0.05, 0) is 19.4 Å². The van der Waals surface area contributed by atoms with Gasteiger partial charge in [-0.2, -0.15) is 0 Å². The zero-order valence-corrected chi connectivity index (χ0v) is 10.9. The summed E-state index contributed by atoms with van der Waals surface area (Å²) in [7, 11) is 0. The predicted molar refractivity (Wildman–Crippen MR) is 71.3 cm³/mol. The summed E-state index contributed by atoms with van der Waals surface area (Å²) < 4.78 is 5.41. The van der Waals surface area contributed by atoms with E-state index in [0.717, 1.165) is 0 Å². The van der Waals surface area contributed by atoms with Crippen LogP contribution in [0.1, 0.15) is 13.3 Å². The maximum absolute atomic E-state index is 11.1. The Bertz CT molecular complexity index is 450. The first kappa shape index (κ1) is 13.8. The van der Waals surface area contributed by atoms with Gasteiger partial charge in [-0.25, -0.2) is 0 Å². The van der Waals surface area contributed by atoms with Crippen molar-refractivity contribution >= 4 is 11.4 Å². The fourth-order valence-electron chi connectivity index (χ4n) is 2.42. The molecule has 0 aromatic heterocycles. The molecule has 1 aliphatic rings. The number of ether oxygens (including phenoxy) is 1. The van der Waals surface area contributed by atoms with E-state index in [1.165, 1.54) is 6.07 Å². The quantitative estimate of drug-likeness (QED) is 0.661. The number of hydrogen-bond donors (Lipinski definition) is 1. The van der Waals surface area contributed by atoms with Crippen molar-refractivity contribution in [2.24, 2.45) is 0 Å². The van der Waals surface area contributed by atoms with Gasteiger partial charge in [-0.3, -0.25) is 10.1 Å². The molecule has 6 nitrogen and oxygen atoms in total. The highest BCUT2D eigenvalue weighted by molar-refractivity contribution is 5.63. The van der Waals surface area contributed by atoms with Crippen LogP contribution in [-0.2, 0) is 4.74 Å². The minimum atomic E-state index is -0.461. The topological polar surface area (TPSA) is 75.8 Å². The van der Waals surface area contributed by atoms with Crippen molar-refractivity contribution in [3.8, 4) is 0 Å². The standard InChI is InChI=1S/C13H18N2O4/c1-10(16)8-11-9-19-7-6-14(11)12-4-2-3-5-13(12)15(17)18/h2-5,10-11,16H,6-9H2,1H3/t10-,11+/m0/s1. The van der Waals surface area contributed by atoms with E-state index >= 15 is 0 Å². The van der Waals surface area contributed by atoms with Crippen molar-refractivity contribution in [3.63, 3.8) is 0 Å². The molecule has 0 saturated carbocycles. The lowest BCUT2D eigenvalue weighted by molar-refractivity contribution is -0.384. The highest BCUT2D eigenvalue weighted by Crippen LogP contribution is 2.31. The summed E-state index contributed by atoms with van der Waals surface area (Å²) in [5.41, 5.74) is 0.696. The second-order valence-corrected chi connectivity index (χ2v) is 4.75. The number of hydrogen-bond acceptors (Lipinski definition) is 5. The number of nitro groups is 1. The average molecular weight is 266 g/mol. The molecule has 0 bridgehead atoms. The molecule has 1 saturated heterocycles. The second-order valence-electron chi connectivity index (χ2n) is 4.75. The van der Waals surface area contributed by atoms with Crippen molar-refractivity contribution in [2.45, 2.75) is 25.5 Å². The average Bonchev–Trinajstić information content (AvgIpc) is 2.38. The molecule has 2 atom stereocenters. The zero-order valence-electron chi connectivity index (χ0n) is 10.9. The molecule has 1 aromatic rings. The van der Waals surface area contributed by atoms with Gasteiger partial charge in [0.15, 0.2) is 0 Å². The molecule has 0 aliphatic carbocycles. The van der Waals surface area contributed by atoms with Gasteiger partial charge in [0.2, 0.25) is 0 Å². The van der Waals surface area contributed by atoms with Crippen LogP contribution in [0.3, 0.4) is 0 Å². The molecule has 0 spiro atoms. The van der Waals surface area contributed by atoms with Crippen LogP contribution >= 0.6 is 0 Å². The van der Waals surface area contributed by atoms with Crippen molar-refractivity contribution in [2.75, 3.05) is 24.7 Å². The van der Waals surface area contributed by atoms with Gasteiger partial charge in [0, 0.05) is 12.6 Å². The van der Waals surface area contributed by atoms with E-state index in [4.69, 9.17) is 4.74 Å². The first-order valence-corrected chi connectivity index (χ1v) is 6.35. The van der Waals surface area contributed by atoms with E-state index in [9.17, 15) is 15.2 Å². The summed E-state index contributed by atoms with van der Waals surface area (Å²) in [5.74, 6) is 0. The molecule has 0 radical (unpaired) electrons. The van der Waals surface area contributed by atoms with Crippen LogP contribution in [-0.4, -0.2) is 41.9 Å². The van der Waals surface area contributed by atoms with Gasteiger partial charge in [-0.15, -0.1) is 0 Å². The van der Waals surface area contributed by atoms with Gasteiger partial charge in [-0.1, -0.05) is 12.1 Å². The third-order valence-electron chi connectivity index (χ3n) is 3.23. The molecule has 1 heterocycles. The lowest BCUT2D eigenvalue weighted by Crippen LogP contribution is -2.47. The minimum Gasteiger partial charge on any atom is -0.393 e. The van der Waals surface area contributed by atoms with Crippen LogP contribution in [0.25, 0.3) is 0 Å². The van der Waals surface area contributed by atoms with Crippen LogP contribution in [0.5, 0.6) is 0 Å². The Hall–Kier alpha value is -1.66. The van der Waals surface area contributed by atoms with E-state index < -0.39 is 6.10 Å². The maximum atomic E-state index is 11.1. The monoisotopic (exact) mass is 266 g/mol. The summed E-state index contributed by atoms with van der Waals surface area (Å²) >= 11 is 0. The Kier molecular flexibility index (Phi) is 4.34. The number of para-hydroxylation sites is 2. The fourth-order valence-corrected chi connectivity index (χ4v) is 2.42. The van der Waals surface area contributed by atoms with Crippen molar-refractivity contribution in [3.05, 3.63) is 34.4 Å². The van der Waals surface area contributed by atoms with E-state index in [1.807, 2.05) is 4.90 Å². The second kappa shape index (κ2) is 5.99. The summed E-state index contributed by atoms with van der Waals surface area (Å²) in [6, 6.07) is 6.67. The summed E-state index contributed by atoms with van der Waals surface area (Å²) in [6.07, 6.45) is 0.0726. The van der Waals surface area contributed by atoms with Gasteiger partial charge in [0.1, 0.15) is 5.69 Å². The van der Waals surface area contributed by atoms with E-state index in [1.54, 1.807) is 25.1 Å². The Labute approximate surface area is 111 Å². The number of nitro benzene ring substituents is 1. The fraction of sp³-hybridized carbons (Fsp3) is 0.538. The number of rotatable bonds is 4. The lowest BCUT2D eigenvalue weighted by Gasteiger charge is -2.37. The lowest BCUT2D eigenvalue weighted by atomic mass is 10.1. The summed E-state index contributed by atoms with van der Waals surface area (Å²) in [5, 5.41) is 20.6. The van der Waals surface area contributed by atoms with Gasteiger partial charge >= 0.3 is 0 Å². The molecule has 0 amide bonds. The third kappa shape index (κ3) is 3.21. The normalized spacial score (nSPS) is 21.2. The van der Waals surface area contributed by atoms with Crippen molar-refractivity contribution < 1.29 is 14.8 Å². The van der Waals surface area contributed by atoms with E-state index in [0.29, 0.717) is 31.9 Å². The first-order valence-electron chi connectivity index (χ1n) is 6.35.